The Labute approximate surface area is 77.5 Å². The Bertz CT molecular complexity index is 127. The first kappa shape index (κ1) is 11.7. The van der Waals surface area contributed by atoms with Gasteiger partial charge in [-0.2, -0.15) is 0 Å². The molecular weight excluding hydrogens is 146 g/mol. The fourth-order valence-corrected chi connectivity index (χ4v) is 1.25. The van der Waals surface area contributed by atoms with Crippen LogP contribution in [0.4, 0.5) is 0 Å². The smallest absolute Gasteiger partial charge is 0.00387 e. The van der Waals surface area contributed by atoms with Gasteiger partial charge in [0.1, 0.15) is 0 Å². The lowest BCUT2D eigenvalue weighted by molar-refractivity contribution is 0.225. The molecule has 0 aliphatic heterocycles. The quantitative estimate of drug-likeness (QED) is 0.552. The van der Waals surface area contributed by atoms with Crippen LogP contribution in [0.1, 0.15) is 40.5 Å². The molecule has 0 aliphatic carbocycles. The SMILES string of the molecule is C=C(C)CCN(CCC)C(C)C. The standard InChI is InChI=1S/C11H23N/c1-6-8-12(11(4)5)9-7-10(2)3/h11H,2,6-9H2,1,3-5H3. The molecule has 0 fully saturated rings. The maximum Gasteiger partial charge on any atom is 0.00387 e. The summed E-state index contributed by atoms with van der Waals surface area (Å²) >= 11 is 0. The highest BCUT2D eigenvalue weighted by Gasteiger charge is 2.06. The second-order valence-electron chi connectivity index (χ2n) is 3.84. The van der Waals surface area contributed by atoms with Crippen LogP contribution in [0.5, 0.6) is 0 Å². The van der Waals surface area contributed by atoms with Crippen molar-refractivity contribution in [2.45, 2.75) is 46.6 Å². The Hall–Kier alpha value is -0.300. The summed E-state index contributed by atoms with van der Waals surface area (Å²) in [5.41, 5.74) is 1.29. The summed E-state index contributed by atoms with van der Waals surface area (Å²) in [5, 5.41) is 0. The van der Waals surface area contributed by atoms with Gasteiger partial charge in [0.15, 0.2) is 0 Å². The molecule has 0 aliphatic rings. The first-order chi connectivity index (χ1) is 5.57. The third-order valence-electron chi connectivity index (χ3n) is 2.07. The van der Waals surface area contributed by atoms with Crippen molar-refractivity contribution in [3.05, 3.63) is 12.2 Å². The Morgan fingerprint density at radius 1 is 1.33 bits per heavy atom. The molecule has 0 radical (unpaired) electrons. The normalized spacial score (nSPS) is 11.2. The van der Waals surface area contributed by atoms with Crippen molar-refractivity contribution in [1.29, 1.82) is 0 Å². The lowest BCUT2D eigenvalue weighted by atomic mass is 10.2. The van der Waals surface area contributed by atoms with E-state index in [-0.39, 0.29) is 0 Å². The second kappa shape index (κ2) is 6.24. The molecule has 12 heavy (non-hydrogen) atoms. The Morgan fingerprint density at radius 3 is 2.25 bits per heavy atom. The zero-order valence-corrected chi connectivity index (χ0v) is 9.06. The number of rotatable bonds is 6. The van der Waals surface area contributed by atoms with Crippen molar-refractivity contribution >= 4 is 0 Å². The van der Waals surface area contributed by atoms with Crippen LogP contribution >= 0.6 is 0 Å². The van der Waals surface area contributed by atoms with E-state index in [0.29, 0.717) is 6.04 Å². The third-order valence-corrected chi connectivity index (χ3v) is 2.07. The molecule has 0 bridgehead atoms. The minimum Gasteiger partial charge on any atom is -0.301 e. The van der Waals surface area contributed by atoms with Crippen molar-refractivity contribution in [3.63, 3.8) is 0 Å². The van der Waals surface area contributed by atoms with Crippen LogP contribution in [0, 0.1) is 0 Å². The van der Waals surface area contributed by atoms with Gasteiger partial charge in [0.2, 0.25) is 0 Å². The monoisotopic (exact) mass is 169 g/mol. The third kappa shape index (κ3) is 5.36. The number of hydrogen-bond donors (Lipinski definition) is 0. The molecule has 72 valence electrons. The van der Waals surface area contributed by atoms with E-state index < -0.39 is 0 Å². The maximum atomic E-state index is 3.92. The van der Waals surface area contributed by atoms with Gasteiger partial charge in [-0.05, 0) is 40.2 Å². The maximum absolute atomic E-state index is 3.92. The molecule has 0 aromatic rings. The average Bonchev–Trinajstić information content (AvgIpc) is 1.96. The molecule has 1 heteroatoms. The van der Waals surface area contributed by atoms with Crippen LogP contribution < -0.4 is 0 Å². The first-order valence-corrected chi connectivity index (χ1v) is 4.96. The van der Waals surface area contributed by atoms with Crippen molar-refractivity contribution in [2.24, 2.45) is 0 Å². The van der Waals surface area contributed by atoms with Gasteiger partial charge in [0.05, 0.1) is 0 Å². The lowest BCUT2D eigenvalue weighted by Gasteiger charge is -2.25. The van der Waals surface area contributed by atoms with Crippen molar-refractivity contribution < 1.29 is 0 Å². The molecule has 0 saturated heterocycles. The average molecular weight is 169 g/mol. The fraction of sp³-hybridized carbons (Fsp3) is 0.818. The van der Waals surface area contributed by atoms with Crippen LogP contribution in [-0.4, -0.2) is 24.0 Å². The molecule has 0 aromatic heterocycles. The summed E-state index contributed by atoms with van der Waals surface area (Å²) in [6, 6.07) is 0.671. The van der Waals surface area contributed by atoms with E-state index in [1.807, 2.05) is 0 Å². The Balaban J connectivity index is 3.70. The molecule has 0 unspecified atom stereocenters. The van der Waals surface area contributed by atoms with Crippen molar-refractivity contribution in [2.75, 3.05) is 13.1 Å². The fourth-order valence-electron chi connectivity index (χ4n) is 1.25. The highest BCUT2D eigenvalue weighted by Crippen LogP contribution is 2.04. The van der Waals surface area contributed by atoms with Crippen LogP contribution in [0.2, 0.25) is 0 Å². The summed E-state index contributed by atoms with van der Waals surface area (Å²) < 4.78 is 0. The van der Waals surface area contributed by atoms with Gasteiger partial charge in [-0.15, -0.1) is 6.58 Å². The summed E-state index contributed by atoms with van der Waals surface area (Å²) in [4.78, 5) is 2.51. The first-order valence-electron chi connectivity index (χ1n) is 4.96. The lowest BCUT2D eigenvalue weighted by Crippen LogP contribution is -2.32. The number of hydrogen-bond acceptors (Lipinski definition) is 1. The van der Waals surface area contributed by atoms with Gasteiger partial charge in [-0.25, -0.2) is 0 Å². The van der Waals surface area contributed by atoms with Gasteiger partial charge < -0.3 is 4.90 Å². The predicted octanol–water partition coefficient (Wildman–Crippen LogP) is 3.07. The van der Waals surface area contributed by atoms with E-state index in [0.717, 1.165) is 6.42 Å². The van der Waals surface area contributed by atoms with Crippen LogP contribution in [0.15, 0.2) is 12.2 Å². The van der Waals surface area contributed by atoms with E-state index in [1.54, 1.807) is 0 Å². The van der Waals surface area contributed by atoms with Gasteiger partial charge >= 0.3 is 0 Å². The predicted molar refractivity (Wildman–Crippen MR) is 56.4 cm³/mol. The van der Waals surface area contributed by atoms with Crippen LogP contribution in [0.25, 0.3) is 0 Å². The van der Waals surface area contributed by atoms with Crippen LogP contribution in [-0.2, 0) is 0 Å². The van der Waals surface area contributed by atoms with Crippen molar-refractivity contribution in [1.82, 2.24) is 4.90 Å². The summed E-state index contributed by atoms with van der Waals surface area (Å²) in [7, 11) is 0. The summed E-state index contributed by atoms with van der Waals surface area (Å²) in [6.07, 6.45) is 2.38. The van der Waals surface area contributed by atoms with Gasteiger partial charge in [0, 0.05) is 12.6 Å². The van der Waals surface area contributed by atoms with E-state index in [2.05, 4.69) is 39.2 Å². The highest BCUT2D eigenvalue weighted by molar-refractivity contribution is 4.88. The van der Waals surface area contributed by atoms with E-state index >= 15 is 0 Å². The van der Waals surface area contributed by atoms with Gasteiger partial charge in [-0.1, -0.05) is 12.5 Å². The molecule has 0 rings (SSSR count). The molecule has 0 saturated carbocycles. The Kier molecular flexibility index (Phi) is 6.09. The van der Waals surface area contributed by atoms with Crippen molar-refractivity contribution in [3.8, 4) is 0 Å². The summed E-state index contributed by atoms with van der Waals surface area (Å²) in [6.45, 7) is 15.2. The van der Waals surface area contributed by atoms with E-state index in [4.69, 9.17) is 0 Å². The second-order valence-corrected chi connectivity index (χ2v) is 3.84. The van der Waals surface area contributed by atoms with Crippen LogP contribution in [0.3, 0.4) is 0 Å². The largest absolute Gasteiger partial charge is 0.301 e. The molecule has 0 N–H and O–H groups in total. The molecular formula is C11H23N. The molecule has 0 spiro atoms. The molecule has 0 atom stereocenters. The zero-order valence-electron chi connectivity index (χ0n) is 9.06. The van der Waals surface area contributed by atoms with Gasteiger partial charge in [-0.3, -0.25) is 0 Å². The van der Waals surface area contributed by atoms with E-state index in [9.17, 15) is 0 Å². The van der Waals surface area contributed by atoms with Gasteiger partial charge in [0.25, 0.3) is 0 Å². The molecule has 1 nitrogen and oxygen atoms in total. The molecule has 0 heterocycles. The number of nitrogens with zero attached hydrogens (tertiary/aromatic N) is 1. The highest BCUT2D eigenvalue weighted by atomic mass is 15.1. The molecule has 0 amide bonds. The molecule has 0 aromatic carbocycles. The minimum atomic E-state index is 0.671. The Morgan fingerprint density at radius 2 is 1.92 bits per heavy atom. The zero-order chi connectivity index (χ0) is 9.56. The topological polar surface area (TPSA) is 3.24 Å². The minimum absolute atomic E-state index is 0.671. The van der Waals surface area contributed by atoms with E-state index in [1.165, 1.54) is 25.1 Å². The summed E-state index contributed by atoms with van der Waals surface area (Å²) in [5.74, 6) is 0.